The first kappa shape index (κ1) is 45.5. The molecule has 1 saturated heterocycles. The molecule has 19 nitrogen and oxygen atoms in total. The third-order valence-electron chi connectivity index (χ3n) is 10.0. The molecule has 4 aromatic rings. The summed E-state index contributed by atoms with van der Waals surface area (Å²) in [7, 11) is 1.65. The second-order valence-corrected chi connectivity index (χ2v) is 14.8. The number of nitrogens with one attached hydrogen (secondary N) is 1. The van der Waals surface area contributed by atoms with Gasteiger partial charge in [0.15, 0.2) is 0 Å². The highest BCUT2D eigenvalue weighted by Gasteiger charge is 2.29. The SMILES string of the molecule is COCCOCCOCCOCCOCCOCCOc1nn([C@H]2CC[C@H](N3CCOCC3)CC2)cc1Nc1ncc(-c2ccc(Cl)c(O[C@@H](C)Cn3cnnn3)c2)cn1. The van der Waals surface area contributed by atoms with Gasteiger partial charge in [-0.05, 0) is 60.7 Å². The minimum absolute atomic E-state index is 0.224. The van der Waals surface area contributed by atoms with Crippen molar-refractivity contribution >= 4 is 23.2 Å². The zero-order valence-electron chi connectivity index (χ0n) is 34.7. The van der Waals surface area contributed by atoms with E-state index in [9.17, 15) is 0 Å². The Bertz CT molecular complexity index is 1760. The van der Waals surface area contributed by atoms with E-state index >= 15 is 0 Å². The molecule has 2 aliphatic rings. The lowest BCUT2D eigenvalue weighted by atomic mass is 9.90. The monoisotopic (exact) mass is 858 g/mol. The molecule has 60 heavy (non-hydrogen) atoms. The standard InChI is InChI=1S/C40H59ClN10O9/c1-31(28-50-30-44-47-48-50)60-38-25-32(3-8-36(38)41)33-26-42-40(43-27-33)45-37-29-51(35-6-4-34(5-7-35)49-9-11-53-12-10-49)46-39(37)59-24-23-58-22-21-57-20-19-56-18-17-55-16-15-54-14-13-52-2/h3,8,25-27,29-31,34-35H,4-7,9-24,28H2,1-2H3,(H,42,43,45)/t31-,34-,35-/m0/s1. The van der Waals surface area contributed by atoms with E-state index in [1.54, 1.807) is 36.6 Å². The van der Waals surface area contributed by atoms with Crippen LogP contribution in [0.5, 0.6) is 11.6 Å². The van der Waals surface area contributed by atoms with Gasteiger partial charge in [-0.3, -0.25) is 9.58 Å². The fourth-order valence-corrected chi connectivity index (χ4v) is 7.09. The predicted octanol–water partition coefficient (Wildman–Crippen LogP) is 4.12. The molecule has 6 rings (SSSR count). The first-order valence-corrected chi connectivity index (χ1v) is 21.1. The molecule has 0 bridgehead atoms. The first-order valence-electron chi connectivity index (χ1n) is 20.7. The molecule has 0 amide bonds. The lowest BCUT2D eigenvalue weighted by Crippen LogP contribution is -2.45. The Morgan fingerprint density at radius 2 is 1.42 bits per heavy atom. The fraction of sp³-hybridized carbons (Fsp3) is 0.650. The van der Waals surface area contributed by atoms with E-state index in [4.69, 9.17) is 59.3 Å². The normalized spacial score (nSPS) is 17.8. The number of hydrogen-bond acceptors (Lipinski definition) is 17. The number of ether oxygens (including phenoxy) is 9. The largest absolute Gasteiger partial charge is 0.487 e. The van der Waals surface area contributed by atoms with Gasteiger partial charge in [0.2, 0.25) is 5.95 Å². The van der Waals surface area contributed by atoms with Crippen LogP contribution in [0.1, 0.15) is 38.6 Å². The Hall–Kier alpha value is -4.05. The van der Waals surface area contributed by atoms with Gasteiger partial charge < -0.3 is 47.9 Å². The summed E-state index contributed by atoms with van der Waals surface area (Å²) in [5.74, 6) is 1.42. The van der Waals surface area contributed by atoms with Crippen molar-refractivity contribution in [2.24, 2.45) is 0 Å². The summed E-state index contributed by atoms with van der Waals surface area (Å²) < 4.78 is 54.2. The number of hydrogen-bond donors (Lipinski definition) is 1. The first-order chi connectivity index (χ1) is 29.6. The van der Waals surface area contributed by atoms with E-state index < -0.39 is 0 Å². The van der Waals surface area contributed by atoms with Crippen LogP contribution in [0.15, 0.2) is 43.1 Å². The summed E-state index contributed by atoms with van der Waals surface area (Å²) in [5, 5.41) is 20.0. The number of halogens is 1. The summed E-state index contributed by atoms with van der Waals surface area (Å²) in [5.41, 5.74) is 2.34. The molecule has 0 unspecified atom stereocenters. The van der Waals surface area contributed by atoms with Crippen molar-refractivity contribution in [3.8, 4) is 22.8 Å². The van der Waals surface area contributed by atoms with Crippen molar-refractivity contribution < 1.29 is 42.6 Å². The van der Waals surface area contributed by atoms with Crippen LogP contribution in [-0.2, 0) is 39.7 Å². The zero-order chi connectivity index (χ0) is 41.6. The molecule has 2 fully saturated rings. The van der Waals surface area contributed by atoms with Gasteiger partial charge in [0.05, 0.1) is 110 Å². The van der Waals surface area contributed by atoms with Gasteiger partial charge in [-0.15, -0.1) is 10.2 Å². The van der Waals surface area contributed by atoms with Crippen LogP contribution in [-0.4, -0.2) is 170 Å². The second kappa shape index (κ2) is 25.7. The average molecular weight is 859 g/mol. The van der Waals surface area contributed by atoms with E-state index in [1.807, 2.05) is 29.9 Å². The summed E-state index contributed by atoms with van der Waals surface area (Å²) in [6, 6.07) is 6.42. The molecule has 0 radical (unpaired) electrons. The van der Waals surface area contributed by atoms with Crippen molar-refractivity contribution in [1.82, 2.24) is 44.9 Å². The molecule has 20 heteroatoms. The molecule has 1 aliphatic carbocycles. The van der Waals surface area contributed by atoms with Crippen LogP contribution in [0.4, 0.5) is 11.6 Å². The molecule has 1 aliphatic heterocycles. The van der Waals surface area contributed by atoms with Crippen molar-refractivity contribution in [3.05, 3.63) is 48.1 Å². The maximum absolute atomic E-state index is 6.49. The highest BCUT2D eigenvalue weighted by molar-refractivity contribution is 6.32. The summed E-state index contributed by atoms with van der Waals surface area (Å²) in [4.78, 5) is 11.8. The lowest BCUT2D eigenvalue weighted by molar-refractivity contribution is -0.0160. The van der Waals surface area contributed by atoms with E-state index in [2.05, 4.69) is 35.7 Å². The number of tetrazole rings is 1. The average Bonchev–Trinajstić information content (AvgIpc) is 3.94. The highest BCUT2D eigenvalue weighted by Crippen LogP contribution is 2.35. The minimum Gasteiger partial charge on any atom is -0.487 e. The van der Waals surface area contributed by atoms with Crippen LogP contribution in [0.25, 0.3) is 11.1 Å². The van der Waals surface area contributed by atoms with Crippen LogP contribution in [0, 0.1) is 0 Å². The number of rotatable bonds is 28. The van der Waals surface area contributed by atoms with E-state index in [0.717, 1.165) is 63.1 Å². The third kappa shape index (κ3) is 15.1. The molecule has 1 atom stereocenters. The Labute approximate surface area is 356 Å². The Balaban J connectivity index is 0.963. The van der Waals surface area contributed by atoms with Gasteiger partial charge in [0, 0.05) is 44.2 Å². The molecule has 330 valence electrons. The molecule has 3 aromatic heterocycles. The van der Waals surface area contributed by atoms with Gasteiger partial charge in [0.1, 0.15) is 30.5 Å². The van der Waals surface area contributed by atoms with E-state index in [1.165, 1.54) is 0 Å². The maximum atomic E-state index is 6.49. The molecule has 1 aromatic carbocycles. The van der Waals surface area contributed by atoms with Crippen LogP contribution in [0.2, 0.25) is 5.02 Å². The van der Waals surface area contributed by atoms with Crippen molar-refractivity contribution in [3.63, 3.8) is 0 Å². The number of benzene rings is 1. The molecule has 4 heterocycles. The van der Waals surface area contributed by atoms with Gasteiger partial charge in [0.25, 0.3) is 5.88 Å². The fourth-order valence-electron chi connectivity index (χ4n) is 6.92. The lowest BCUT2D eigenvalue weighted by Gasteiger charge is -2.38. The van der Waals surface area contributed by atoms with Gasteiger partial charge in [-0.2, -0.15) is 0 Å². The number of nitrogens with zero attached hydrogens (tertiary/aromatic N) is 9. The zero-order valence-corrected chi connectivity index (χ0v) is 35.5. The molecule has 1 saturated carbocycles. The third-order valence-corrected chi connectivity index (χ3v) is 10.3. The summed E-state index contributed by atoms with van der Waals surface area (Å²) >= 11 is 6.49. The van der Waals surface area contributed by atoms with Gasteiger partial charge in [-0.1, -0.05) is 17.7 Å². The summed E-state index contributed by atoms with van der Waals surface area (Å²) in [6.07, 6.45) is 11.1. The van der Waals surface area contributed by atoms with E-state index in [-0.39, 0.29) is 12.1 Å². The quantitative estimate of drug-likeness (QED) is 0.0804. The Kier molecular flexibility index (Phi) is 19.4. The number of morpholine rings is 1. The molecule has 0 spiro atoms. The van der Waals surface area contributed by atoms with Crippen molar-refractivity contribution in [2.75, 3.05) is 118 Å². The van der Waals surface area contributed by atoms with Crippen LogP contribution >= 0.6 is 11.6 Å². The molecular formula is C40H59ClN10O9. The van der Waals surface area contributed by atoms with Crippen molar-refractivity contribution in [1.29, 1.82) is 0 Å². The van der Waals surface area contributed by atoms with Gasteiger partial charge in [-0.25, -0.2) is 14.6 Å². The molecule has 1 N–H and O–H groups in total. The number of methoxy groups -OCH3 is 1. The van der Waals surface area contributed by atoms with Crippen LogP contribution in [0.3, 0.4) is 0 Å². The predicted molar refractivity (Wildman–Crippen MR) is 221 cm³/mol. The Morgan fingerprint density at radius 3 is 2.03 bits per heavy atom. The second-order valence-electron chi connectivity index (χ2n) is 14.4. The summed E-state index contributed by atoms with van der Waals surface area (Å²) in [6.45, 7) is 11.8. The van der Waals surface area contributed by atoms with E-state index in [0.29, 0.717) is 120 Å². The molecular weight excluding hydrogens is 800 g/mol. The minimum atomic E-state index is -0.224. The van der Waals surface area contributed by atoms with Crippen LogP contribution < -0.4 is 14.8 Å². The highest BCUT2D eigenvalue weighted by atomic mass is 35.5. The smallest absolute Gasteiger partial charge is 0.257 e. The topological polar surface area (TPSA) is 186 Å². The van der Waals surface area contributed by atoms with Crippen molar-refractivity contribution in [2.45, 2.75) is 57.3 Å². The Morgan fingerprint density at radius 1 is 0.800 bits per heavy atom. The maximum Gasteiger partial charge on any atom is 0.257 e. The number of anilines is 2. The van der Waals surface area contributed by atoms with Gasteiger partial charge >= 0.3 is 0 Å². The number of aromatic nitrogens is 8.